The van der Waals surface area contributed by atoms with Crippen molar-refractivity contribution in [1.82, 2.24) is 26.2 Å². The molecule has 0 unspecified atom stereocenters. The molecule has 6 heteroatoms. The summed E-state index contributed by atoms with van der Waals surface area (Å²) in [5.74, 6) is 2.07. The van der Waals surface area contributed by atoms with E-state index in [2.05, 4.69) is 37.4 Å². The molecule has 0 amide bonds. The van der Waals surface area contributed by atoms with E-state index in [1.807, 2.05) is 6.20 Å². The number of rotatable bonds is 2. The number of aliphatic imine (C=N–C) groups is 1. The lowest BCUT2D eigenvalue weighted by Gasteiger charge is -2.14. The van der Waals surface area contributed by atoms with Gasteiger partial charge in [0.2, 0.25) is 0 Å². The van der Waals surface area contributed by atoms with Crippen LogP contribution in [0.1, 0.15) is 0 Å². The molecule has 0 fully saturated rings. The molecule has 3 heterocycles. The molecule has 0 saturated heterocycles. The molecule has 3 rings (SSSR count). The molecule has 4 N–H and O–H groups in total. The van der Waals surface area contributed by atoms with Crippen molar-refractivity contribution in [2.24, 2.45) is 4.99 Å². The third-order valence-corrected chi connectivity index (χ3v) is 2.57. The number of hydrogen-bond donors (Lipinski definition) is 4. The fourth-order valence-electron chi connectivity index (χ4n) is 1.82. The lowest BCUT2D eigenvalue weighted by atomic mass is 10.4. The average molecular weight is 206 g/mol. The number of nitrogens with one attached hydrogen (secondary N) is 4. The summed E-state index contributed by atoms with van der Waals surface area (Å²) < 4.78 is 0. The Morgan fingerprint density at radius 1 is 1.27 bits per heavy atom. The molecule has 0 aromatic carbocycles. The van der Waals surface area contributed by atoms with Crippen molar-refractivity contribution in [2.45, 2.75) is 0 Å². The molecule has 0 spiro atoms. The summed E-state index contributed by atoms with van der Waals surface area (Å²) in [7, 11) is 0. The Morgan fingerprint density at radius 3 is 3.00 bits per heavy atom. The molecule has 0 bridgehead atoms. The van der Waals surface area contributed by atoms with Gasteiger partial charge in [0.05, 0.1) is 25.6 Å². The highest BCUT2D eigenvalue weighted by Gasteiger charge is 2.21. The third-order valence-electron chi connectivity index (χ3n) is 2.57. The van der Waals surface area contributed by atoms with Crippen molar-refractivity contribution in [3.05, 3.63) is 23.9 Å². The van der Waals surface area contributed by atoms with Gasteiger partial charge in [0.1, 0.15) is 11.7 Å². The van der Waals surface area contributed by atoms with Crippen LogP contribution in [-0.4, -0.2) is 37.2 Å². The molecule has 6 nitrogen and oxygen atoms in total. The van der Waals surface area contributed by atoms with E-state index in [9.17, 15) is 0 Å². The Morgan fingerprint density at radius 2 is 2.27 bits per heavy atom. The normalized spacial score (nSPS) is 23.5. The maximum atomic E-state index is 4.37. The van der Waals surface area contributed by atoms with Gasteiger partial charge in [-0.15, -0.1) is 0 Å². The van der Waals surface area contributed by atoms with Gasteiger partial charge in [0, 0.05) is 18.9 Å². The summed E-state index contributed by atoms with van der Waals surface area (Å²) in [6.07, 6.45) is 4.05. The van der Waals surface area contributed by atoms with Crippen molar-refractivity contribution in [1.29, 1.82) is 0 Å². The summed E-state index contributed by atoms with van der Waals surface area (Å²) >= 11 is 0. The van der Waals surface area contributed by atoms with Crippen LogP contribution in [0.15, 0.2) is 28.9 Å². The average Bonchev–Trinajstić information content (AvgIpc) is 3.02. The molecule has 0 saturated carbocycles. The van der Waals surface area contributed by atoms with E-state index < -0.39 is 0 Å². The van der Waals surface area contributed by atoms with Crippen LogP contribution in [0.5, 0.6) is 0 Å². The summed E-state index contributed by atoms with van der Waals surface area (Å²) in [5.41, 5.74) is 1.07. The van der Waals surface area contributed by atoms with Crippen molar-refractivity contribution >= 4 is 5.84 Å². The molecule has 0 atom stereocenters. The second-order valence-electron chi connectivity index (χ2n) is 3.59. The van der Waals surface area contributed by atoms with Gasteiger partial charge in [0.15, 0.2) is 0 Å². The Labute approximate surface area is 88.1 Å². The molecule has 80 valence electrons. The van der Waals surface area contributed by atoms with Gasteiger partial charge in [-0.3, -0.25) is 4.99 Å². The van der Waals surface area contributed by atoms with Crippen LogP contribution < -0.4 is 21.3 Å². The fraction of sp³-hybridized carbons (Fsp3) is 0.444. The van der Waals surface area contributed by atoms with Crippen LogP contribution in [0, 0.1) is 0 Å². The van der Waals surface area contributed by atoms with Gasteiger partial charge in [-0.2, -0.15) is 0 Å². The molecule has 0 radical (unpaired) electrons. The van der Waals surface area contributed by atoms with Crippen molar-refractivity contribution < 1.29 is 0 Å². The van der Waals surface area contributed by atoms with Gasteiger partial charge in [0.25, 0.3) is 0 Å². The van der Waals surface area contributed by atoms with Crippen LogP contribution in [0.4, 0.5) is 0 Å². The second-order valence-corrected chi connectivity index (χ2v) is 3.59. The summed E-state index contributed by atoms with van der Waals surface area (Å²) in [6, 6.07) is 0. The maximum absolute atomic E-state index is 4.37. The predicted octanol–water partition coefficient (Wildman–Crippen LogP) is -1.36. The van der Waals surface area contributed by atoms with Gasteiger partial charge < -0.3 is 26.2 Å². The Hall–Kier alpha value is -1.85. The standard InChI is InChI=1S/C9H14N6/c1-2-12-9(11-1)7-4-15(6-14-7)8-3-10-5-13-8/h3-4,10,13-14H,1-2,5-6H2,(H,11,12). The molecule has 3 aliphatic heterocycles. The van der Waals surface area contributed by atoms with Crippen LogP contribution in [0.2, 0.25) is 0 Å². The SMILES string of the molecule is C1=C(C2=NCCN2)NCN1C1=CNCN1. The summed E-state index contributed by atoms with van der Waals surface area (Å²) in [6.45, 7) is 3.40. The second kappa shape index (κ2) is 3.38. The highest BCUT2D eigenvalue weighted by Crippen LogP contribution is 2.11. The number of nitrogens with zero attached hydrogens (tertiary/aromatic N) is 2. The lowest BCUT2D eigenvalue weighted by molar-refractivity contribution is 0.452. The zero-order chi connectivity index (χ0) is 10.1. The van der Waals surface area contributed by atoms with E-state index in [1.54, 1.807) is 0 Å². The van der Waals surface area contributed by atoms with E-state index in [-0.39, 0.29) is 0 Å². The first kappa shape index (κ1) is 8.46. The van der Waals surface area contributed by atoms with E-state index in [0.29, 0.717) is 0 Å². The first-order chi connectivity index (χ1) is 7.43. The molecule has 3 aliphatic rings. The zero-order valence-electron chi connectivity index (χ0n) is 8.38. The van der Waals surface area contributed by atoms with Crippen molar-refractivity contribution in [2.75, 3.05) is 26.4 Å². The van der Waals surface area contributed by atoms with E-state index >= 15 is 0 Å². The van der Waals surface area contributed by atoms with E-state index in [4.69, 9.17) is 0 Å². The first-order valence-corrected chi connectivity index (χ1v) is 5.12. The first-order valence-electron chi connectivity index (χ1n) is 5.12. The minimum absolute atomic E-state index is 0.788. The van der Waals surface area contributed by atoms with E-state index in [0.717, 1.165) is 43.8 Å². The molecule has 0 aliphatic carbocycles. The van der Waals surface area contributed by atoms with Crippen molar-refractivity contribution in [3.63, 3.8) is 0 Å². The monoisotopic (exact) mass is 206 g/mol. The molecule has 0 aromatic rings. The number of amidine groups is 1. The molecular formula is C9H14N6. The van der Waals surface area contributed by atoms with E-state index in [1.165, 1.54) is 0 Å². The highest BCUT2D eigenvalue weighted by atomic mass is 15.4. The Balaban J connectivity index is 1.74. The molecule has 15 heavy (non-hydrogen) atoms. The number of hydrogen-bond acceptors (Lipinski definition) is 6. The topological polar surface area (TPSA) is 63.7 Å². The van der Waals surface area contributed by atoms with Crippen molar-refractivity contribution in [3.8, 4) is 0 Å². The minimum atomic E-state index is 0.788. The van der Waals surface area contributed by atoms with Crippen LogP contribution >= 0.6 is 0 Å². The molecule has 0 aromatic heterocycles. The molecular weight excluding hydrogens is 192 g/mol. The Kier molecular flexibility index (Phi) is 1.90. The summed E-state index contributed by atoms with van der Waals surface area (Å²) in [5, 5.41) is 12.9. The van der Waals surface area contributed by atoms with Gasteiger partial charge in [-0.05, 0) is 0 Å². The van der Waals surface area contributed by atoms with Crippen LogP contribution in [0.25, 0.3) is 0 Å². The van der Waals surface area contributed by atoms with Crippen LogP contribution in [-0.2, 0) is 0 Å². The fourth-order valence-corrected chi connectivity index (χ4v) is 1.82. The minimum Gasteiger partial charge on any atom is -0.371 e. The largest absolute Gasteiger partial charge is 0.371 e. The lowest BCUT2D eigenvalue weighted by Crippen LogP contribution is -2.29. The highest BCUT2D eigenvalue weighted by molar-refractivity contribution is 5.99. The maximum Gasteiger partial charge on any atom is 0.146 e. The van der Waals surface area contributed by atoms with Gasteiger partial charge >= 0.3 is 0 Å². The Bertz CT molecular complexity index is 356. The third kappa shape index (κ3) is 1.47. The van der Waals surface area contributed by atoms with Gasteiger partial charge in [-0.25, -0.2) is 0 Å². The van der Waals surface area contributed by atoms with Crippen LogP contribution in [0.3, 0.4) is 0 Å². The quantitative estimate of drug-likeness (QED) is 0.449. The van der Waals surface area contributed by atoms with Gasteiger partial charge in [-0.1, -0.05) is 0 Å². The zero-order valence-corrected chi connectivity index (χ0v) is 8.38. The smallest absolute Gasteiger partial charge is 0.146 e. The summed E-state index contributed by atoms with van der Waals surface area (Å²) in [4.78, 5) is 6.49. The predicted molar refractivity (Wildman–Crippen MR) is 57.5 cm³/mol.